The highest BCUT2D eigenvalue weighted by atomic mass is 16.2. The molecule has 3 rings (SSSR count). The lowest BCUT2D eigenvalue weighted by atomic mass is 10.1. The van der Waals surface area contributed by atoms with E-state index < -0.39 is 0 Å². The van der Waals surface area contributed by atoms with E-state index in [0.29, 0.717) is 11.9 Å². The number of para-hydroxylation sites is 2. The molecule has 0 spiro atoms. The molecule has 0 aliphatic carbocycles. The zero-order valence-corrected chi connectivity index (χ0v) is 12.7. The molecular weight excluding hydrogens is 264 g/mol. The van der Waals surface area contributed by atoms with Crippen molar-refractivity contribution >= 4 is 16.9 Å². The number of carbonyl (C=O) groups excluding carboxylic acids is 1. The molecule has 0 bridgehead atoms. The maximum absolute atomic E-state index is 12.6. The molecular formula is C16H22N4O. The van der Waals surface area contributed by atoms with Crippen molar-refractivity contribution in [1.82, 2.24) is 19.8 Å². The monoisotopic (exact) mass is 286 g/mol. The van der Waals surface area contributed by atoms with Gasteiger partial charge in [-0.1, -0.05) is 12.1 Å². The average molecular weight is 286 g/mol. The number of nitrogens with one attached hydrogen (secondary N) is 1. The first kappa shape index (κ1) is 14.1. The third-order valence-electron chi connectivity index (χ3n) is 4.31. The lowest BCUT2D eigenvalue weighted by molar-refractivity contribution is 0.0748. The van der Waals surface area contributed by atoms with Crippen LogP contribution in [0.25, 0.3) is 11.0 Å². The van der Waals surface area contributed by atoms with Crippen molar-refractivity contribution < 1.29 is 4.79 Å². The Kier molecular flexibility index (Phi) is 3.92. The molecule has 1 unspecified atom stereocenters. The van der Waals surface area contributed by atoms with Gasteiger partial charge in [0.25, 0.3) is 5.91 Å². The van der Waals surface area contributed by atoms with Crippen LogP contribution in [-0.4, -0.2) is 58.9 Å². The molecule has 1 amide bonds. The van der Waals surface area contributed by atoms with Crippen LogP contribution >= 0.6 is 0 Å². The molecule has 1 atom stereocenters. The van der Waals surface area contributed by atoms with Gasteiger partial charge >= 0.3 is 0 Å². The summed E-state index contributed by atoms with van der Waals surface area (Å²) in [5.41, 5.74) is 1.77. The van der Waals surface area contributed by atoms with Crippen LogP contribution < -0.4 is 0 Å². The summed E-state index contributed by atoms with van der Waals surface area (Å²) in [5, 5.41) is 0. The number of rotatable bonds is 2. The summed E-state index contributed by atoms with van der Waals surface area (Å²) in [6.07, 6.45) is 3.23. The summed E-state index contributed by atoms with van der Waals surface area (Å²) in [7, 11) is 4.22. The highest BCUT2D eigenvalue weighted by Gasteiger charge is 2.24. The minimum atomic E-state index is 0.0191. The van der Waals surface area contributed by atoms with Crippen LogP contribution in [0.4, 0.5) is 0 Å². The molecule has 1 N–H and O–H groups in total. The van der Waals surface area contributed by atoms with Crippen LogP contribution in [-0.2, 0) is 0 Å². The molecule has 2 heterocycles. The number of amides is 1. The number of imidazole rings is 1. The first-order valence-corrected chi connectivity index (χ1v) is 7.55. The van der Waals surface area contributed by atoms with Gasteiger partial charge in [-0.3, -0.25) is 4.79 Å². The highest BCUT2D eigenvalue weighted by Crippen LogP contribution is 2.17. The predicted octanol–water partition coefficient (Wildman–Crippen LogP) is 2.12. The standard InChI is InChI=1S/C16H22N4O/c1-19(2)12-6-5-10-20(11-9-12)16(21)15-17-13-7-3-4-8-14(13)18-15/h3-4,7-8,12H,5-6,9-11H2,1-2H3,(H,17,18). The second kappa shape index (κ2) is 5.85. The minimum absolute atomic E-state index is 0.0191. The van der Waals surface area contributed by atoms with Crippen molar-refractivity contribution in [3.63, 3.8) is 0 Å². The van der Waals surface area contributed by atoms with E-state index in [1.807, 2.05) is 29.2 Å². The SMILES string of the molecule is CN(C)C1CCCN(C(=O)c2nc3ccccc3[nH]2)CC1. The Morgan fingerprint density at radius 2 is 2.10 bits per heavy atom. The third-order valence-corrected chi connectivity index (χ3v) is 4.31. The van der Waals surface area contributed by atoms with Crippen molar-refractivity contribution in [3.05, 3.63) is 30.1 Å². The molecule has 21 heavy (non-hydrogen) atoms. The molecule has 1 saturated heterocycles. The summed E-state index contributed by atoms with van der Waals surface area (Å²) < 4.78 is 0. The summed E-state index contributed by atoms with van der Waals surface area (Å²) in [6.45, 7) is 1.62. The van der Waals surface area contributed by atoms with Gasteiger partial charge < -0.3 is 14.8 Å². The molecule has 5 nitrogen and oxygen atoms in total. The van der Waals surface area contributed by atoms with Crippen molar-refractivity contribution in [1.29, 1.82) is 0 Å². The van der Waals surface area contributed by atoms with Crippen molar-refractivity contribution in [3.8, 4) is 0 Å². The van der Waals surface area contributed by atoms with Gasteiger partial charge in [0.15, 0.2) is 5.82 Å². The lowest BCUT2D eigenvalue weighted by Gasteiger charge is -2.23. The van der Waals surface area contributed by atoms with Crippen LogP contribution in [0.1, 0.15) is 29.9 Å². The van der Waals surface area contributed by atoms with Crippen molar-refractivity contribution in [2.24, 2.45) is 0 Å². The number of likely N-dealkylation sites (tertiary alicyclic amines) is 1. The first-order chi connectivity index (χ1) is 10.1. The number of fused-ring (bicyclic) bond motifs is 1. The molecule has 1 fully saturated rings. The summed E-state index contributed by atoms with van der Waals surface area (Å²) in [6, 6.07) is 8.32. The second-order valence-corrected chi connectivity index (χ2v) is 5.94. The Morgan fingerprint density at radius 1 is 1.29 bits per heavy atom. The predicted molar refractivity (Wildman–Crippen MR) is 83.3 cm³/mol. The zero-order chi connectivity index (χ0) is 14.8. The van der Waals surface area contributed by atoms with E-state index >= 15 is 0 Å². The molecule has 0 saturated carbocycles. The lowest BCUT2D eigenvalue weighted by Crippen LogP contribution is -2.34. The first-order valence-electron chi connectivity index (χ1n) is 7.55. The molecule has 112 valence electrons. The Labute approximate surface area is 125 Å². The summed E-state index contributed by atoms with van der Waals surface area (Å²) in [5.74, 6) is 0.477. The fourth-order valence-electron chi connectivity index (χ4n) is 3.00. The van der Waals surface area contributed by atoms with Gasteiger partial charge in [0.2, 0.25) is 0 Å². The highest BCUT2D eigenvalue weighted by molar-refractivity contribution is 5.94. The molecule has 5 heteroatoms. The van der Waals surface area contributed by atoms with Crippen LogP contribution in [0.2, 0.25) is 0 Å². The van der Waals surface area contributed by atoms with Crippen LogP contribution in [0.15, 0.2) is 24.3 Å². The van der Waals surface area contributed by atoms with Gasteiger partial charge in [-0.2, -0.15) is 0 Å². The van der Waals surface area contributed by atoms with Gasteiger partial charge in [-0.05, 0) is 45.5 Å². The molecule has 1 aliphatic heterocycles. The van der Waals surface area contributed by atoms with E-state index in [1.54, 1.807) is 0 Å². The van der Waals surface area contributed by atoms with Crippen LogP contribution in [0, 0.1) is 0 Å². The maximum Gasteiger partial charge on any atom is 0.289 e. The Bertz CT molecular complexity index is 601. The van der Waals surface area contributed by atoms with E-state index in [2.05, 4.69) is 29.0 Å². The summed E-state index contributed by atoms with van der Waals surface area (Å²) in [4.78, 5) is 24.4. The number of hydrogen-bond acceptors (Lipinski definition) is 3. The van der Waals surface area contributed by atoms with Gasteiger partial charge in [-0.15, -0.1) is 0 Å². The molecule has 1 aliphatic rings. The number of aromatic amines is 1. The van der Waals surface area contributed by atoms with E-state index in [9.17, 15) is 4.79 Å². The molecule has 0 radical (unpaired) electrons. The van der Waals surface area contributed by atoms with Crippen molar-refractivity contribution in [2.75, 3.05) is 27.2 Å². The number of benzene rings is 1. The van der Waals surface area contributed by atoms with Gasteiger partial charge in [-0.25, -0.2) is 4.98 Å². The number of hydrogen-bond donors (Lipinski definition) is 1. The average Bonchev–Trinajstić information content (AvgIpc) is 2.75. The maximum atomic E-state index is 12.6. The molecule has 1 aromatic carbocycles. The number of carbonyl (C=O) groups is 1. The fraction of sp³-hybridized carbons (Fsp3) is 0.500. The smallest absolute Gasteiger partial charge is 0.289 e. The van der Waals surface area contributed by atoms with E-state index in [4.69, 9.17) is 0 Å². The topological polar surface area (TPSA) is 52.2 Å². The number of H-pyrrole nitrogens is 1. The van der Waals surface area contributed by atoms with E-state index in [1.165, 1.54) is 0 Å². The quantitative estimate of drug-likeness (QED) is 0.920. The van der Waals surface area contributed by atoms with Crippen LogP contribution in [0.3, 0.4) is 0 Å². The van der Waals surface area contributed by atoms with Gasteiger partial charge in [0, 0.05) is 19.1 Å². The fourth-order valence-corrected chi connectivity index (χ4v) is 3.00. The number of nitrogens with zero attached hydrogens (tertiary/aromatic N) is 3. The number of aromatic nitrogens is 2. The normalized spacial score (nSPS) is 20.0. The Morgan fingerprint density at radius 3 is 2.86 bits per heavy atom. The molecule has 1 aromatic heterocycles. The largest absolute Gasteiger partial charge is 0.336 e. The minimum Gasteiger partial charge on any atom is -0.336 e. The van der Waals surface area contributed by atoms with Crippen LogP contribution in [0.5, 0.6) is 0 Å². The Balaban J connectivity index is 1.75. The van der Waals surface area contributed by atoms with Gasteiger partial charge in [0.05, 0.1) is 11.0 Å². The van der Waals surface area contributed by atoms with Crippen molar-refractivity contribution in [2.45, 2.75) is 25.3 Å². The third kappa shape index (κ3) is 2.93. The molecule has 2 aromatic rings. The summed E-state index contributed by atoms with van der Waals surface area (Å²) >= 11 is 0. The van der Waals surface area contributed by atoms with E-state index in [-0.39, 0.29) is 5.91 Å². The van der Waals surface area contributed by atoms with Gasteiger partial charge in [0.1, 0.15) is 0 Å². The van der Waals surface area contributed by atoms with E-state index in [0.717, 1.165) is 43.4 Å². The second-order valence-electron chi connectivity index (χ2n) is 5.94. The Hall–Kier alpha value is -1.88. The zero-order valence-electron chi connectivity index (χ0n) is 12.7.